The zero-order valence-electron chi connectivity index (χ0n) is 53.0. The summed E-state index contributed by atoms with van der Waals surface area (Å²) in [5.41, 5.74) is 0. The second kappa shape index (κ2) is 36.9. The van der Waals surface area contributed by atoms with Crippen LogP contribution in [0.1, 0.15) is 131 Å². The van der Waals surface area contributed by atoms with E-state index in [1.807, 2.05) is 13.8 Å². The molecular weight excluding hydrogens is 1230 g/mol. The number of β-amino-alcohol motifs (C(OH)–C–C–N with tert-alkyl or cyclic N) is 1. The van der Waals surface area contributed by atoms with E-state index in [0.29, 0.717) is 57.8 Å². The number of aliphatic hydroxyl groups excluding tert-OH is 10. The Morgan fingerprint density at radius 1 is 0.489 bits per heavy atom. The highest BCUT2D eigenvalue weighted by Crippen LogP contribution is 2.50. The van der Waals surface area contributed by atoms with Crippen molar-refractivity contribution in [2.75, 3.05) is 85.8 Å². The van der Waals surface area contributed by atoms with Crippen molar-refractivity contribution in [1.82, 2.24) is 14.7 Å². The molecule has 6 rings (SSSR count). The molecule has 32 heteroatoms. The number of hydrogen-bond acceptors (Lipinski definition) is 26. The number of aliphatic hydroxyl groups is 10. The Balaban J connectivity index is 0.997. The van der Waals surface area contributed by atoms with E-state index in [1.165, 1.54) is 16.5 Å². The van der Waals surface area contributed by atoms with Gasteiger partial charge in [0.25, 0.3) is 0 Å². The molecule has 6 fully saturated rings. The Hall–Kier alpha value is -2.01. The molecule has 90 heavy (non-hydrogen) atoms. The highest BCUT2D eigenvalue weighted by molar-refractivity contribution is 7.53. The van der Waals surface area contributed by atoms with Gasteiger partial charge in [-0.1, -0.05) is 40.0 Å². The summed E-state index contributed by atoms with van der Waals surface area (Å²) >= 11 is 0. The van der Waals surface area contributed by atoms with Crippen molar-refractivity contribution >= 4 is 33.1 Å². The van der Waals surface area contributed by atoms with E-state index in [1.54, 1.807) is 25.7 Å². The number of hydrogen-bond donors (Lipinski definition) is 11. The number of carbonyl (C=O) groups is 3. The molecule has 6 heterocycles. The number of rotatable bonds is 37. The van der Waals surface area contributed by atoms with Gasteiger partial charge < -0.3 is 113 Å². The lowest BCUT2D eigenvalue weighted by molar-refractivity contribution is -0.282. The molecule has 0 aliphatic carbocycles. The zero-order valence-corrected chi connectivity index (χ0v) is 54.8. The maximum Gasteiger partial charge on any atom is 0.472 e. The predicted molar refractivity (Wildman–Crippen MR) is 316 cm³/mol. The van der Waals surface area contributed by atoms with E-state index in [4.69, 9.17) is 51.3 Å². The van der Waals surface area contributed by atoms with Crippen molar-refractivity contribution in [2.45, 2.75) is 247 Å². The molecule has 0 saturated carbocycles. The van der Waals surface area contributed by atoms with Crippen molar-refractivity contribution in [3.8, 4) is 0 Å². The second-order valence-corrected chi connectivity index (χ2v) is 28.8. The van der Waals surface area contributed by atoms with Gasteiger partial charge in [0, 0.05) is 83.1 Å². The minimum atomic E-state index is -4.90. The summed E-state index contributed by atoms with van der Waals surface area (Å²) in [5, 5.41) is 101. The summed E-state index contributed by atoms with van der Waals surface area (Å²) in [4.78, 5) is 56.8. The zero-order chi connectivity index (χ0) is 66.0. The summed E-state index contributed by atoms with van der Waals surface area (Å²) < 4.78 is 91.4. The Morgan fingerprint density at radius 2 is 0.844 bits per heavy atom. The third-order valence-electron chi connectivity index (χ3n) is 17.8. The fraction of sp³-hybridized carbons (Fsp3) is 0.948. The molecule has 23 atom stereocenters. The third-order valence-corrected chi connectivity index (χ3v) is 20.1. The Kier molecular flexibility index (Phi) is 31.6. The molecule has 0 aromatic heterocycles. The maximum absolute atomic E-state index is 14.2. The van der Waals surface area contributed by atoms with Crippen LogP contribution in [0.15, 0.2) is 0 Å². The van der Waals surface area contributed by atoms with Crippen LogP contribution in [-0.2, 0) is 74.8 Å². The van der Waals surface area contributed by atoms with Gasteiger partial charge in [0.2, 0.25) is 17.7 Å². The fourth-order valence-electron chi connectivity index (χ4n) is 12.3. The van der Waals surface area contributed by atoms with Crippen molar-refractivity contribution < 1.29 is 131 Å². The average molecular weight is 1340 g/mol. The van der Waals surface area contributed by atoms with Gasteiger partial charge >= 0.3 is 15.4 Å². The van der Waals surface area contributed by atoms with Crippen LogP contribution in [0.25, 0.3) is 0 Å². The molecule has 0 aromatic rings. The number of phosphoric acid groups is 1. The first-order valence-corrected chi connectivity index (χ1v) is 35.6. The number of amides is 3. The molecule has 0 bridgehead atoms. The quantitative estimate of drug-likeness (QED) is 0.0293. The summed E-state index contributed by atoms with van der Waals surface area (Å²) in [5.74, 6) is -2.48. The van der Waals surface area contributed by atoms with Crippen LogP contribution in [0.4, 0.5) is 0 Å². The van der Waals surface area contributed by atoms with Crippen molar-refractivity contribution in [3.63, 3.8) is 0 Å². The van der Waals surface area contributed by atoms with Crippen LogP contribution in [0.5, 0.6) is 0 Å². The van der Waals surface area contributed by atoms with Gasteiger partial charge in [-0.05, 0) is 71.6 Å². The smallest absolute Gasteiger partial charge is 0.394 e. The van der Waals surface area contributed by atoms with Gasteiger partial charge in [-0.15, -0.1) is 0 Å². The molecule has 8 unspecified atom stereocenters. The molecule has 30 nitrogen and oxygen atoms in total. The first kappa shape index (κ1) is 77.0. The van der Waals surface area contributed by atoms with Crippen LogP contribution >= 0.6 is 15.4 Å². The first-order chi connectivity index (χ1) is 42.7. The van der Waals surface area contributed by atoms with Crippen LogP contribution in [0.3, 0.4) is 0 Å². The third kappa shape index (κ3) is 22.5. The van der Waals surface area contributed by atoms with Gasteiger partial charge in [-0.2, -0.15) is 0 Å². The lowest BCUT2D eigenvalue weighted by Crippen LogP contribution is -2.55. The molecule has 524 valence electrons. The molecule has 11 N–H and O–H groups in total. The van der Waals surface area contributed by atoms with Crippen LogP contribution in [0, 0.1) is 17.8 Å². The summed E-state index contributed by atoms with van der Waals surface area (Å²) in [7, 11) is -8.83. The van der Waals surface area contributed by atoms with E-state index in [9.17, 15) is 79.5 Å². The van der Waals surface area contributed by atoms with Crippen molar-refractivity contribution in [1.29, 1.82) is 0 Å². The lowest BCUT2D eigenvalue weighted by Gasteiger charge is -2.40. The number of ether oxygens (including phenoxy) is 7. The Labute approximate surface area is 527 Å². The predicted octanol–water partition coefficient (Wildman–Crippen LogP) is 0.258. The monoisotopic (exact) mass is 1340 g/mol. The molecule has 3 amide bonds. The fourth-order valence-corrected chi connectivity index (χ4v) is 14.5. The molecule has 6 saturated heterocycles. The topological polar surface area (TPSA) is 419 Å². The molecule has 6 aliphatic rings. The van der Waals surface area contributed by atoms with Gasteiger partial charge in [0.1, 0.15) is 36.6 Å². The van der Waals surface area contributed by atoms with E-state index in [2.05, 4.69) is 0 Å². The van der Waals surface area contributed by atoms with E-state index in [0.717, 1.165) is 0 Å². The van der Waals surface area contributed by atoms with E-state index < -0.39 is 170 Å². The van der Waals surface area contributed by atoms with E-state index >= 15 is 0 Å². The minimum absolute atomic E-state index is 0.0207. The van der Waals surface area contributed by atoms with Crippen molar-refractivity contribution in [3.05, 3.63) is 0 Å². The number of phosphoric ester groups is 1. The Bertz CT molecular complexity index is 2260. The highest BCUT2D eigenvalue weighted by Gasteiger charge is 2.47. The molecule has 0 aromatic carbocycles. The lowest BCUT2D eigenvalue weighted by atomic mass is 9.92. The number of likely N-dealkylation sites (tertiary alicyclic amines) is 3. The summed E-state index contributed by atoms with van der Waals surface area (Å²) in [6.07, 6.45) is -10.3. The molecule has 6 aliphatic heterocycles. The van der Waals surface area contributed by atoms with Crippen LogP contribution in [0.2, 0.25) is 0 Å². The van der Waals surface area contributed by atoms with Gasteiger partial charge in [0.15, 0.2) is 18.9 Å². The van der Waals surface area contributed by atoms with Crippen molar-refractivity contribution in [2.24, 2.45) is 17.8 Å². The summed E-state index contributed by atoms with van der Waals surface area (Å²) in [6, 6.07) is -1.99. The van der Waals surface area contributed by atoms with Gasteiger partial charge in [-0.25, -0.2) is 4.57 Å². The normalized spacial score (nSPS) is 36.4. The molecule has 0 spiro atoms. The minimum Gasteiger partial charge on any atom is -0.394 e. The SMILES string of the molecule is CC(C)OC[C@@H]1C[C@@H](OP(C)(=O)OC[C@@H]2C[C@@H](OP(=O)(O)OC[C@@H]3C[C@@H](O)CN3C(=O)CCCCCO[C@@H]3OC(CO)[C@H](O)[C@H](O)C3C)CN2C(=O)CCCCCO[C@@H]2OC(CO)[C@H](O)[C@H](O)C2C)CN1C(=O)CCCCCO[C@@H]1OC(CO)[C@H](O)[C@H](O)C1C. The summed E-state index contributed by atoms with van der Waals surface area (Å²) in [6.45, 7) is 8.53. The van der Waals surface area contributed by atoms with E-state index in [-0.39, 0.29) is 115 Å². The average Bonchev–Trinajstić information content (AvgIpc) is 1.10. The van der Waals surface area contributed by atoms with Crippen LogP contribution in [-0.4, -0.2) is 290 Å². The second-order valence-electron chi connectivity index (χ2n) is 25.4. The number of nitrogens with zero attached hydrogens (tertiary/aromatic N) is 3. The van der Waals surface area contributed by atoms with Gasteiger partial charge in [-0.3, -0.25) is 28.0 Å². The van der Waals surface area contributed by atoms with Crippen LogP contribution < -0.4 is 0 Å². The maximum atomic E-state index is 14.2. The number of unbranched alkanes of at least 4 members (excludes halogenated alkanes) is 6. The first-order valence-electron chi connectivity index (χ1n) is 32.1. The van der Waals surface area contributed by atoms with Gasteiger partial charge in [0.05, 0.1) is 100 Å². The highest BCUT2D eigenvalue weighted by atomic mass is 31.2. The largest absolute Gasteiger partial charge is 0.472 e. The molecular formula is C58H105N3O27P2. The molecule has 0 radical (unpaired) electrons. The Morgan fingerprint density at radius 3 is 1.23 bits per heavy atom. The standard InChI is InChI=1S/C58H105N3O27P2/c1-34(2)81-31-39-23-42(26-60(39)48(67)17-11-8-14-20-79-57-36(4)51(70)54(73)45(29-63)85-57)87-89(6,75)82-32-40-24-43(27-61(40)49(68)18-12-9-15-21-80-58-37(5)52(71)55(74)46(30-64)86-58)88-90(76,77)83-33-38-22-41(65)25-59(38)47(66)16-10-7-13-19-78-56-35(3)50(69)53(72)44(28-62)84-56/h34-46,50-58,62-65,69-74H,7-33H2,1-6H3,(H,76,77)/t35?,36?,37?,38-,39-,40-,41+,42+,43+,44?,45?,46?,50+,51+,52+,53-,54-,55-,56+,57+,58+,89?/m0/s1. The number of carbonyl (C=O) groups excluding carboxylic acids is 3.